The molecule has 3 aromatic heterocycles. The van der Waals surface area contributed by atoms with Crippen molar-refractivity contribution < 1.29 is 9.21 Å². The van der Waals surface area contributed by atoms with Gasteiger partial charge in [0.2, 0.25) is 11.7 Å². The number of nitriles is 1. The highest BCUT2D eigenvalue weighted by molar-refractivity contribution is 9.10. The fourth-order valence-corrected chi connectivity index (χ4v) is 5.90. The average Bonchev–Trinajstić information content (AvgIpc) is 3.38. The Labute approximate surface area is 191 Å². The predicted molar refractivity (Wildman–Crippen MR) is 121 cm³/mol. The van der Waals surface area contributed by atoms with Gasteiger partial charge in [0, 0.05) is 11.4 Å². The number of nitrogens with zero attached hydrogens (tertiary/aromatic N) is 4. The molecule has 0 fully saturated rings. The lowest BCUT2D eigenvalue weighted by Gasteiger charge is -2.06. The highest BCUT2D eigenvalue weighted by atomic mass is 79.9. The second-order valence-corrected chi connectivity index (χ2v) is 9.70. The molecule has 10 heteroatoms. The van der Waals surface area contributed by atoms with E-state index in [9.17, 15) is 10.1 Å². The summed E-state index contributed by atoms with van der Waals surface area (Å²) in [5.41, 5.74) is 1.76. The Balaban J connectivity index is 1.45. The first-order valence-electron chi connectivity index (χ1n) is 9.77. The zero-order valence-corrected chi connectivity index (χ0v) is 19.6. The molecule has 3 heterocycles. The fraction of sp³-hybridized carbons (Fsp3) is 0.400. The fourth-order valence-electron chi connectivity index (χ4n) is 3.54. The highest BCUT2D eigenvalue weighted by Crippen LogP contribution is 2.37. The Hall–Kier alpha value is -2.09. The van der Waals surface area contributed by atoms with E-state index in [1.54, 1.807) is 17.4 Å². The molecule has 0 spiro atoms. The third kappa shape index (κ3) is 4.33. The number of rotatable bonds is 6. The van der Waals surface area contributed by atoms with E-state index in [0.29, 0.717) is 38.5 Å². The number of aryl methyl sites for hydroxylation is 1. The number of furan rings is 1. The number of thioether (sulfide) groups is 1. The van der Waals surface area contributed by atoms with Crippen LogP contribution in [0.2, 0.25) is 0 Å². The predicted octanol–water partition coefficient (Wildman–Crippen LogP) is 5.25. The van der Waals surface area contributed by atoms with E-state index >= 15 is 0 Å². The molecular weight excluding hydrogens is 486 g/mol. The van der Waals surface area contributed by atoms with E-state index in [1.165, 1.54) is 23.1 Å². The van der Waals surface area contributed by atoms with Crippen molar-refractivity contribution in [3.05, 3.63) is 32.8 Å². The maximum atomic E-state index is 12.6. The zero-order chi connectivity index (χ0) is 21.1. The summed E-state index contributed by atoms with van der Waals surface area (Å²) in [5, 5.41) is 22.3. The van der Waals surface area contributed by atoms with Gasteiger partial charge >= 0.3 is 0 Å². The summed E-state index contributed by atoms with van der Waals surface area (Å²) in [6, 6.07) is 5.93. The van der Waals surface area contributed by atoms with Crippen molar-refractivity contribution in [3.63, 3.8) is 0 Å². The maximum Gasteiger partial charge on any atom is 0.235 e. The number of carbonyl (C=O) groups excluding carboxylic acids is 1. The molecule has 0 aromatic carbocycles. The molecular formula is C20H20BrN5O2S2. The van der Waals surface area contributed by atoms with Crippen molar-refractivity contribution in [3.8, 4) is 17.7 Å². The van der Waals surface area contributed by atoms with Crippen LogP contribution in [0, 0.1) is 11.3 Å². The van der Waals surface area contributed by atoms with Crippen LogP contribution in [0.15, 0.2) is 26.4 Å². The van der Waals surface area contributed by atoms with Crippen LogP contribution >= 0.6 is 39.0 Å². The summed E-state index contributed by atoms with van der Waals surface area (Å²) >= 11 is 6.16. The molecule has 0 bridgehead atoms. The van der Waals surface area contributed by atoms with E-state index in [2.05, 4.69) is 37.5 Å². The van der Waals surface area contributed by atoms with Crippen molar-refractivity contribution in [2.75, 3.05) is 11.1 Å². The first-order valence-corrected chi connectivity index (χ1v) is 12.4. The molecule has 1 aliphatic carbocycles. The van der Waals surface area contributed by atoms with Crippen LogP contribution in [-0.2, 0) is 24.2 Å². The van der Waals surface area contributed by atoms with Crippen molar-refractivity contribution in [1.29, 1.82) is 5.26 Å². The number of fused-ring (bicyclic) bond motifs is 1. The summed E-state index contributed by atoms with van der Waals surface area (Å²) in [4.78, 5) is 13.8. The third-order valence-electron chi connectivity index (χ3n) is 4.95. The Bertz CT molecular complexity index is 1110. The molecule has 30 heavy (non-hydrogen) atoms. The number of thiophene rings is 1. The standard InChI is InChI=1S/C20H20BrN5O2S2/c1-2-26-18(14-8-9-16(21)28-14)24-25-20(26)29-11-17(27)23-19-13(10-22)12-6-4-3-5-7-15(12)30-19/h8-9H,2-7,11H2,1H3,(H,23,27). The smallest absolute Gasteiger partial charge is 0.235 e. The van der Waals surface area contributed by atoms with Gasteiger partial charge < -0.3 is 9.73 Å². The Morgan fingerprint density at radius 2 is 2.20 bits per heavy atom. The molecule has 0 unspecified atom stereocenters. The molecule has 1 aliphatic rings. The number of hydrogen-bond donors (Lipinski definition) is 1. The summed E-state index contributed by atoms with van der Waals surface area (Å²) in [6.07, 6.45) is 5.35. The van der Waals surface area contributed by atoms with Gasteiger partial charge in [-0.15, -0.1) is 21.5 Å². The number of halogens is 1. The first kappa shape index (κ1) is 21.2. The van der Waals surface area contributed by atoms with Gasteiger partial charge in [-0.1, -0.05) is 18.2 Å². The quantitative estimate of drug-likeness (QED) is 0.362. The molecule has 156 valence electrons. The van der Waals surface area contributed by atoms with Crippen molar-refractivity contribution in [1.82, 2.24) is 14.8 Å². The van der Waals surface area contributed by atoms with Gasteiger partial charge in [0.05, 0.1) is 11.3 Å². The molecule has 1 amide bonds. The second-order valence-electron chi connectivity index (χ2n) is 6.87. The molecule has 4 rings (SSSR count). The number of aromatic nitrogens is 3. The number of amides is 1. The van der Waals surface area contributed by atoms with Gasteiger partial charge in [0.25, 0.3) is 0 Å². The van der Waals surface area contributed by atoms with Gasteiger partial charge in [-0.05, 0) is 66.2 Å². The van der Waals surface area contributed by atoms with Crippen LogP contribution in [0.3, 0.4) is 0 Å². The summed E-state index contributed by atoms with van der Waals surface area (Å²) < 4.78 is 8.12. The van der Waals surface area contributed by atoms with Gasteiger partial charge in [0.15, 0.2) is 15.6 Å². The molecule has 1 N–H and O–H groups in total. The Kier molecular flexibility index (Phi) is 6.61. The number of hydrogen-bond acceptors (Lipinski definition) is 7. The van der Waals surface area contributed by atoms with Crippen LogP contribution in [0.25, 0.3) is 11.6 Å². The van der Waals surface area contributed by atoms with Gasteiger partial charge in [-0.25, -0.2) is 0 Å². The van der Waals surface area contributed by atoms with Crippen LogP contribution < -0.4 is 5.32 Å². The van der Waals surface area contributed by atoms with E-state index in [0.717, 1.165) is 31.2 Å². The first-order chi connectivity index (χ1) is 14.6. The number of anilines is 1. The molecule has 3 aromatic rings. The van der Waals surface area contributed by atoms with Crippen LogP contribution in [-0.4, -0.2) is 26.4 Å². The van der Waals surface area contributed by atoms with Crippen LogP contribution in [0.1, 0.15) is 42.2 Å². The molecule has 0 saturated heterocycles. The largest absolute Gasteiger partial charge is 0.446 e. The zero-order valence-electron chi connectivity index (χ0n) is 16.4. The van der Waals surface area contributed by atoms with Gasteiger partial charge in [-0.2, -0.15) is 5.26 Å². The minimum atomic E-state index is -0.152. The maximum absolute atomic E-state index is 12.6. The molecule has 7 nitrogen and oxygen atoms in total. The molecule has 0 aliphatic heterocycles. The van der Waals surface area contributed by atoms with Crippen molar-refractivity contribution >= 4 is 49.9 Å². The lowest BCUT2D eigenvalue weighted by atomic mass is 10.1. The highest BCUT2D eigenvalue weighted by Gasteiger charge is 2.22. The number of carbonyl (C=O) groups is 1. The summed E-state index contributed by atoms with van der Waals surface area (Å²) in [7, 11) is 0. The average molecular weight is 506 g/mol. The van der Waals surface area contributed by atoms with Gasteiger partial charge in [-0.3, -0.25) is 9.36 Å². The normalized spacial score (nSPS) is 13.5. The molecule has 0 radical (unpaired) electrons. The van der Waals surface area contributed by atoms with Crippen molar-refractivity contribution in [2.24, 2.45) is 0 Å². The van der Waals surface area contributed by atoms with E-state index in [1.807, 2.05) is 17.6 Å². The topological polar surface area (TPSA) is 96.7 Å². The molecule has 0 saturated carbocycles. The SMILES string of the molecule is CCn1c(SCC(=O)Nc2sc3c(c2C#N)CCCCC3)nnc1-c1ccc(Br)o1. The Morgan fingerprint density at radius 1 is 1.37 bits per heavy atom. The minimum Gasteiger partial charge on any atom is -0.446 e. The monoisotopic (exact) mass is 505 g/mol. The van der Waals surface area contributed by atoms with Crippen LogP contribution in [0.5, 0.6) is 0 Å². The lowest BCUT2D eigenvalue weighted by molar-refractivity contribution is -0.113. The van der Waals surface area contributed by atoms with E-state index in [-0.39, 0.29) is 11.7 Å². The van der Waals surface area contributed by atoms with Crippen molar-refractivity contribution in [2.45, 2.75) is 50.7 Å². The summed E-state index contributed by atoms with van der Waals surface area (Å²) in [6.45, 7) is 2.65. The minimum absolute atomic E-state index is 0.152. The van der Waals surface area contributed by atoms with E-state index in [4.69, 9.17) is 4.42 Å². The third-order valence-corrected chi connectivity index (χ3v) is 7.55. The van der Waals surface area contributed by atoms with Gasteiger partial charge in [0.1, 0.15) is 11.1 Å². The molecule has 0 atom stereocenters. The second kappa shape index (κ2) is 9.37. The number of nitrogens with one attached hydrogen (secondary N) is 1. The van der Waals surface area contributed by atoms with E-state index < -0.39 is 0 Å². The lowest BCUT2D eigenvalue weighted by Crippen LogP contribution is -2.14. The Morgan fingerprint density at radius 3 is 2.93 bits per heavy atom. The van der Waals surface area contributed by atoms with Crippen LogP contribution in [0.4, 0.5) is 5.00 Å². The summed E-state index contributed by atoms with van der Waals surface area (Å²) in [5.74, 6) is 1.28.